The second-order valence-corrected chi connectivity index (χ2v) is 14.0. The Balaban J connectivity index is 1.58. The lowest BCUT2D eigenvalue weighted by Gasteiger charge is -2.40. The Hall–Kier alpha value is -4.13. The van der Waals surface area contributed by atoms with Crippen LogP contribution >= 0.6 is 0 Å². The van der Waals surface area contributed by atoms with E-state index in [0.717, 1.165) is 62.9 Å². The van der Waals surface area contributed by atoms with Crippen LogP contribution in [0.5, 0.6) is 0 Å². The molecule has 0 unspecified atom stereocenters. The van der Waals surface area contributed by atoms with Crippen LogP contribution in [0.15, 0.2) is 60.7 Å². The van der Waals surface area contributed by atoms with Crippen LogP contribution in [-0.4, -0.2) is 0 Å². The minimum atomic E-state index is -4.55. The van der Waals surface area contributed by atoms with E-state index in [1.807, 2.05) is 26.0 Å². The van der Waals surface area contributed by atoms with Gasteiger partial charge in [0.2, 0.25) is 0 Å². The first-order valence-electron chi connectivity index (χ1n) is 15.4. The van der Waals surface area contributed by atoms with Gasteiger partial charge in [-0.3, -0.25) is 0 Å². The number of hydrogen-bond acceptors (Lipinski definition) is 0. The summed E-state index contributed by atoms with van der Waals surface area (Å²) in [6, 6.07) is 15.0. The lowest BCUT2D eigenvalue weighted by atomic mass is 9.63. The maximum absolute atomic E-state index is 16.4. The first kappa shape index (κ1) is 29.3. The number of aryl methyl sites for hydroxylation is 1. The number of alkyl halides is 6. The molecular weight excluding hydrogens is 601 g/mol. The molecule has 0 saturated heterocycles. The number of hydrogen-bond donors (Lipinski definition) is 0. The second kappa shape index (κ2) is 8.81. The summed E-state index contributed by atoms with van der Waals surface area (Å²) >= 11 is 0. The van der Waals surface area contributed by atoms with Crippen molar-refractivity contribution in [1.29, 1.82) is 0 Å². The molecule has 6 aromatic carbocycles. The summed E-state index contributed by atoms with van der Waals surface area (Å²) in [5.41, 5.74) is 2.76. The number of benzene rings is 6. The SMILES string of the molecule is CCCc1cc2cc3c4c(c(F)cc5cc6c(c1C(C)(C)c1cc(C(F)(F)F)ccc1-6)c2c54)C(C)(C)c1cc(C(F)(F)F)ccc1-3. The van der Waals surface area contributed by atoms with Gasteiger partial charge in [-0.15, -0.1) is 0 Å². The van der Waals surface area contributed by atoms with E-state index in [-0.39, 0.29) is 0 Å². The third kappa shape index (κ3) is 3.63. The molecule has 7 heteroatoms. The zero-order valence-corrected chi connectivity index (χ0v) is 25.8. The summed E-state index contributed by atoms with van der Waals surface area (Å²) in [5, 5.41) is 4.86. The van der Waals surface area contributed by atoms with Crippen LogP contribution in [0.3, 0.4) is 0 Å². The van der Waals surface area contributed by atoms with Crippen LogP contribution in [0.1, 0.15) is 80.0 Å². The molecule has 0 atom stereocenters. The van der Waals surface area contributed by atoms with E-state index in [4.69, 9.17) is 0 Å². The molecule has 0 fully saturated rings. The smallest absolute Gasteiger partial charge is 0.207 e. The average molecular weight is 631 g/mol. The zero-order chi connectivity index (χ0) is 32.9. The highest BCUT2D eigenvalue weighted by atomic mass is 19.4. The fourth-order valence-corrected chi connectivity index (χ4v) is 8.62. The third-order valence-corrected chi connectivity index (χ3v) is 10.5. The summed E-state index contributed by atoms with van der Waals surface area (Å²) in [7, 11) is 0. The van der Waals surface area contributed by atoms with Gasteiger partial charge in [0.05, 0.1) is 11.1 Å². The van der Waals surface area contributed by atoms with Crippen molar-refractivity contribution in [3.8, 4) is 22.3 Å². The largest absolute Gasteiger partial charge is 0.416 e. The number of rotatable bonds is 2. The highest BCUT2D eigenvalue weighted by molar-refractivity contribution is 6.31. The maximum atomic E-state index is 16.4. The summed E-state index contributed by atoms with van der Waals surface area (Å²) < 4.78 is 99.9. The molecule has 0 aliphatic heterocycles. The van der Waals surface area contributed by atoms with Gasteiger partial charge in [0, 0.05) is 16.4 Å². The Morgan fingerprint density at radius 1 is 0.543 bits per heavy atom. The van der Waals surface area contributed by atoms with Crippen LogP contribution in [-0.2, 0) is 29.6 Å². The van der Waals surface area contributed by atoms with E-state index in [1.54, 1.807) is 13.8 Å². The lowest BCUT2D eigenvalue weighted by Crippen LogP contribution is -2.27. The van der Waals surface area contributed by atoms with E-state index >= 15 is 4.39 Å². The van der Waals surface area contributed by atoms with Crippen molar-refractivity contribution in [2.24, 2.45) is 0 Å². The molecule has 0 nitrogen and oxygen atoms in total. The normalized spacial score (nSPS) is 16.3. The highest BCUT2D eigenvalue weighted by Crippen LogP contribution is 2.58. The maximum Gasteiger partial charge on any atom is 0.416 e. The van der Waals surface area contributed by atoms with E-state index in [9.17, 15) is 26.3 Å². The summed E-state index contributed by atoms with van der Waals surface area (Å²) in [6.45, 7) is 9.52. The Bertz CT molecular complexity index is 2300. The monoisotopic (exact) mass is 630 g/mol. The summed E-state index contributed by atoms with van der Waals surface area (Å²) in [4.78, 5) is 0. The number of fused-ring (bicyclic) bond motifs is 4. The zero-order valence-electron chi connectivity index (χ0n) is 25.8. The fourth-order valence-electron chi connectivity index (χ4n) is 8.62. The van der Waals surface area contributed by atoms with Crippen LogP contribution in [0.25, 0.3) is 54.6 Å². The van der Waals surface area contributed by atoms with Gasteiger partial charge in [0.15, 0.2) is 0 Å². The van der Waals surface area contributed by atoms with E-state index < -0.39 is 40.1 Å². The Morgan fingerprint density at radius 3 is 1.48 bits per heavy atom. The molecule has 0 N–H and O–H groups in total. The topological polar surface area (TPSA) is 0 Å². The minimum absolute atomic E-state index is 0.350. The quantitative estimate of drug-likeness (QED) is 0.132. The minimum Gasteiger partial charge on any atom is -0.207 e. The first-order chi connectivity index (χ1) is 21.5. The molecular formula is C39H29F7. The van der Waals surface area contributed by atoms with E-state index in [2.05, 4.69) is 13.0 Å². The molecule has 0 radical (unpaired) electrons. The van der Waals surface area contributed by atoms with E-state index in [0.29, 0.717) is 50.6 Å². The molecule has 0 heterocycles. The van der Waals surface area contributed by atoms with Crippen molar-refractivity contribution in [1.82, 2.24) is 0 Å². The van der Waals surface area contributed by atoms with Crippen LogP contribution in [0.4, 0.5) is 30.7 Å². The van der Waals surface area contributed by atoms with Gasteiger partial charge in [-0.1, -0.05) is 59.2 Å². The molecule has 46 heavy (non-hydrogen) atoms. The Morgan fingerprint density at radius 2 is 1.00 bits per heavy atom. The van der Waals surface area contributed by atoms with E-state index in [1.165, 1.54) is 24.3 Å². The number of halogens is 7. The lowest BCUT2D eigenvalue weighted by molar-refractivity contribution is -0.138. The molecule has 0 bridgehead atoms. The second-order valence-electron chi connectivity index (χ2n) is 14.0. The van der Waals surface area contributed by atoms with Crippen molar-refractivity contribution >= 4 is 32.3 Å². The van der Waals surface area contributed by atoms with Gasteiger partial charge >= 0.3 is 12.4 Å². The average Bonchev–Trinajstić information content (AvgIpc) is 2.96. The van der Waals surface area contributed by atoms with Gasteiger partial charge in [0.1, 0.15) is 5.82 Å². The van der Waals surface area contributed by atoms with Crippen molar-refractivity contribution < 1.29 is 30.7 Å². The molecule has 0 aromatic heterocycles. The molecule has 6 aromatic rings. The van der Waals surface area contributed by atoms with Crippen LogP contribution < -0.4 is 0 Å². The molecule has 0 amide bonds. The Kier molecular flexibility index (Phi) is 5.61. The molecule has 0 saturated carbocycles. The fraction of sp³-hybridized carbons (Fsp3) is 0.282. The Labute approximate surface area is 261 Å². The molecule has 8 rings (SSSR count). The summed E-state index contributed by atoms with van der Waals surface area (Å²) in [6.07, 6.45) is -7.56. The van der Waals surface area contributed by atoms with Crippen molar-refractivity contribution in [3.63, 3.8) is 0 Å². The van der Waals surface area contributed by atoms with Crippen molar-refractivity contribution in [2.75, 3.05) is 0 Å². The van der Waals surface area contributed by atoms with Crippen molar-refractivity contribution in [2.45, 2.75) is 70.6 Å². The van der Waals surface area contributed by atoms with Gasteiger partial charge in [0.25, 0.3) is 0 Å². The highest BCUT2D eigenvalue weighted by Gasteiger charge is 2.43. The molecule has 0 spiro atoms. The van der Waals surface area contributed by atoms with Gasteiger partial charge < -0.3 is 0 Å². The van der Waals surface area contributed by atoms with Crippen molar-refractivity contribution in [3.05, 3.63) is 105 Å². The van der Waals surface area contributed by atoms with Gasteiger partial charge in [-0.2, -0.15) is 26.3 Å². The first-order valence-corrected chi connectivity index (χ1v) is 15.4. The van der Waals surface area contributed by atoms with Crippen LogP contribution in [0, 0.1) is 5.82 Å². The van der Waals surface area contributed by atoms with Crippen LogP contribution in [0.2, 0.25) is 0 Å². The summed E-state index contributed by atoms with van der Waals surface area (Å²) in [5.74, 6) is -0.525. The predicted octanol–water partition coefficient (Wildman–Crippen LogP) is 12.3. The third-order valence-electron chi connectivity index (χ3n) is 10.5. The molecule has 2 aliphatic carbocycles. The predicted molar refractivity (Wildman–Crippen MR) is 169 cm³/mol. The van der Waals surface area contributed by atoms with Gasteiger partial charge in [-0.05, 0) is 126 Å². The van der Waals surface area contributed by atoms with Gasteiger partial charge in [-0.25, -0.2) is 4.39 Å². The standard InChI is InChI=1S/C39H29F7/c1-6-7-18-12-19-13-26-24-11-9-22(39(44,45)46)17-28(24)37(4,5)35-29(40)15-20-14-25-23-10-8-21(38(41,42)43)16-27(23)36(2,3)34(18)32(25)30(19)31(20)33(26)35/h8-17H,6-7H2,1-5H3. The molecule has 234 valence electrons. The molecule has 2 aliphatic rings.